The Kier molecular flexibility index (Phi) is 5.90. The number of sulfonamides is 1. The summed E-state index contributed by atoms with van der Waals surface area (Å²) in [5.74, 6) is 0.923. The third kappa shape index (κ3) is 4.17. The molecule has 0 fully saturated rings. The Labute approximate surface area is 118 Å². The lowest BCUT2D eigenvalue weighted by molar-refractivity contribution is 0.295. The fourth-order valence-electron chi connectivity index (χ4n) is 1.63. The molecule has 0 saturated carbocycles. The number of ether oxygens (including phenoxy) is 3. The summed E-state index contributed by atoms with van der Waals surface area (Å²) in [5, 5.41) is 8.68. The molecule has 0 unspecified atom stereocenters. The summed E-state index contributed by atoms with van der Waals surface area (Å²) in [4.78, 5) is 0. The molecule has 8 heteroatoms. The number of anilines is 1. The van der Waals surface area contributed by atoms with Crippen molar-refractivity contribution in [3.05, 3.63) is 12.1 Å². The molecular formula is C12H19NO6S. The Morgan fingerprint density at radius 1 is 1.10 bits per heavy atom. The highest BCUT2D eigenvalue weighted by Gasteiger charge is 2.16. The summed E-state index contributed by atoms with van der Waals surface area (Å²) in [7, 11) is 0.827. The summed E-state index contributed by atoms with van der Waals surface area (Å²) < 4.78 is 41.4. The molecule has 0 atom stereocenters. The minimum absolute atomic E-state index is 0.166. The third-order valence-corrected chi connectivity index (χ3v) is 3.88. The zero-order valence-corrected chi connectivity index (χ0v) is 12.5. The molecule has 1 aromatic rings. The Morgan fingerprint density at radius 2 is 1.65 bits per heavy atom. The second-order valence-electron chi connectivity index (χ2n) is 3.91. The molecule has 0 aromatic heterocycles. The van der Waals surface area contributed by atoms with E-state index in [2.05, 4.69) is 4.72 Å². The molecule has 0 spiro atoms. The van der Waals surface area contributed by atoms with Crippen LogP contribution in [0.4, 0.5) is 5.69 Å². The number of aliphatic hydroxyl groups excluding tert-OH is 1. The number of aliphatic hydroxyl groups is 1. The van der Waals surface area contributed by atoms with Gasteiger partial charge in [0.25, 0.3) is 0 Å². The lowest BCUT2D eigenvalue weighted by Gasteiger charge is -2.15. The molecule has 0 amide bonds. The molecule has 2 N–H and O–H groups in total. The standard InChI is InChI=1S/C12H19NO6S/c1-17-10-7-9(8-11(18-2)12(10)19-3)13-20(15,16)6-4-5-14/h7-8,13-14H,4-6H2,1-3H3. The van der Waals surface area contributed by atoms with Crippen molar-refractivity contribution >= 4 is 15.7 Å². The molecule has 1 aromatic carbocycles. The van der Waals surface area contributed by atoms with Crippen molar-refractivity contribution in [1.29, 1.82) is 0 Å². The molecular weight excluding hydrogens is 286 g/mol. The van der Waals surface area contributed by atoms with E-state index >= 15 is 0 Å². The summed E-state index contributed by atoms with van der Waals surface area (Å²) in [5.41, 5.74) is 0.303. The van der Waals surface area contributed by atoms with Crippen molar-refractivity contribution < 1.29 is 27.7 Å². The molecule has 0 radical (unpaired) electrons. The van der Waals surface area contributed by atoms with Gasteiger partial charge in [-0.05, 0) is 6.42 Å². The molecule has 1 rings (SSSR count). The average Bonchev–Trinajstić information content (AvgIpc) is 2.43. The van der Waals surface area contributed by atoms with E-state index in [1.807, 2.05) is 0 Å². The summed E-state index contributed by atoms with van der Waals surface area (Å²) in [6.07, 6.45) is 0.166. The zero-order valence-electron chi connectivity index (χ0n) is 11.7. The van der Waals surface area contributed by atoms with Crippen molar-refractivity contribution in [2.45, 2.75) is 6.42 Å². The van der Waals surface area contributed by atoms with Crippen LogP contribution in [-0.2, 0) is 10.0 Å². The van der Waals surface area contributed by atoms with Crippen molar-refractivity contribution in [3.63, 3.8) is 0 Å². The summed E-state index contributed by atoms with van der Waals surface area (Å²) in [6, 6.07) is 3.00. The van der Waals surface area contributed by atoms with E-state index < -0.39 is 10.0 Å². The zero-order chi connectivity index (χ0) is 15.2. The third-order valence-electron chi connectivity index (χ3n) is 2.51. The topological polar surface area (TPSA) is 94.1 Å². The second kappa shape index (κ2) is 7.20. The van der Waals surface area contributed by atoms with Crippen LogP contribution in [0.2, 0.25) is 0 Å². The monoisotopic (exact) mass is 305 g/mol. The van der Waals surface area contributed by atoms with Crippen molar-refractivity contribution in [2.24, 2.45) is 0 Å². The van der Waals surface area contributed by atoms with E-state index in [1.165, 1.54) is 33.5 Å². The first-order chi connectivity index (χ1) is 9.47. The van der Waals surface area contributed by atoms with Crippen LogP contribution in [-0.4, -0.2) is 47.2 Å². The molecule has 0 saturated heterocycles. The van der Waals surface area contributed by atoms with Crippen LogP contribution in [0.25, 0.3) is 0 Å². The Bertz CT molecular complexity index is 518. The summed E-state index contributed by atoms with van der Waals surface area (Å²) >= 11 is 0. The SMILES string of the molecule is COc1cc(NS(=O)(=O)CCCO)cc(OC)c1OC. The smallest absolute Gasteiger partial charge is 0.232 e. The van der Waals surface area contributed by atoms with Crippen LogP contribution in [0, 0.1) is 0 Å². The fourth-order valence-corrected chi connectivity index (χ4v) is 2.71. The van der Waals surface area contributed by atoms with E-state index in [9.17, 15) is 8.42 Å². The van der Waals surface area contributed by atoms with Gasteiger partial charge in [0, 0.05) is 18.7 Å². The van der Waals surface area contributed by atoms with Gasteiger partial charge in [0.2, 0.25) is 15.8 Å². The van der Waals surface area contributed by atoms with Gasteiger partial charge >= 0.3 is 0 Å². The van der Waals surface area contributed by atoms with Crippen LogP contribution >= 0.6 is 0 Å². The van der Waals surface area contributed by atoms with Gasteiger partial charge in [-0.15, -0.1) is 0 Å². The van der Waals surface area contributed by atoms with Gasteiger partial charge in [0.05, 0.1) is 32.8 Å². The highest BCUT2D eigenvalue weighted by atomic mass is 32.2. The predicted molar refractivity (Wildman–Crippen MR) is 75.2 cm³/mol. The number of benzene rings is 1. The molecule has 0 bridgehead atoms. The van der Waals surface area contributed by atoms with Gasteiger partial charge in [0.15, 0.2) is 11.5 Å². The highest BCUT2D eigenvalue weighted by molar-refractivity contribution is 7.92. The van der Waals surface area contributed by atoms with Crippen molar-refractivity contribution in [2.75, 3.05) is 38.4 Å². The van der Waals surface area contributed by atoms with Gasteiger partial charge in [-0.25, -0.2) is 8.42 Å². The van der Waals surface area contributed by atoms with Crippen molar-refractivity contribution in [1.82, 2.24) is 0 Å². The van der Waals surface area contributed by atoms with Gasteiger partial charge in [-0.1, -0.05) is 0 Å². The number of hydrogen-bond donors (Lipinski definition) is 2. The average molecular weight is 305 g/mol. The van der Waals surface area contributed by atoms with Crippen LogP contribution < -0.4 is 18.9 Å². The molecule has 114 valence electrons. The maximum absolute atomic E-state index is 11.8. The minimum atomic E-state index is -3.53. The van der Waals surface area contributed by atoms with E-state index in [-0.39, 0.29) is 18.8 Å². The van der Waals surface area contributed by atoms with E-state index in [0.29, 0.717) is 22.9 Å². The molecule has 0 heterocycles. The summed E-state index contributed by atoms with van der Waals surface area (Å²) in [6.45, 7) is -0.184. The van der Waals surface area contributed by atoms with Gasteiger partial charge in [-0.2, -0.15) is 0 Å². The normalized spacial score (nSPS) is 11.0. The van der Waals surface area contributed by atoms with E-state index in [0.717, 1.165) is 0 Å². The van der Waals surface area contributed by atoms with Gasteiger partial charge in [-0.3, -0.25) is 4.72 Å². The van der Waals surface area contributed by atoms with Crippen molar-refractivity contribution in [3.8, 4) is 17.2 Å². The number of nitrogens with one attached hydrogen (secondary N) is 1. The van der Waals surface area contributed by atoms with Crippen LogP contribution in [0.5, 0.6) is 17.2 Å². The van der Waals surface area contributed by atoms with E-state index in [1.54, 1.807) is 0 Å². The maximum atomic E-state index is 11.8. The van der Waals surface area contributed by atoms with Crippen LogP contribution in [0.15, 0.2) is 12.1 Å². The molecule has 0 aliphatic rings. The fraction of sp³-hybridized carbons (Fsp3) is 0.500. The predicted octanol–water partition coefficient (Wildman–Crippen LogP) is 0.836. The first kappa shape index (κ1) is 16.4. The first-order valence-corrected chi connectivity index (χ1v) is 7.54. The van der Waals surface area contributed by atoms with Crippen LogP contribution in [0.3, 0.4) is 0 Å². The lowest BCUT2D eigenvalue weighted by Crippen LogP contribution is -2.17. The Hall–Kier alpha value is -1.67. The number of hydrogen-bond acceptors (Lipinski definition) is 6. The second-order valence-corrected chi connectivity index (χ2v) is 5.75. The molecule has 0 aliphatic carbocycles. The maximum Gasteiger partial charge on any atom is 0.232 e. The first-order valence-electron chi connectivity index (χ1n) is 5.88. The highest BCUT2D eigenvalue weighted by Crippen LogP contribution is 2.40. The quantitative estimate of drug-likeness (QED) is 0.739. The van der Waals surface area contributed by atoms with Crippen LogP contribution in [0.1, 0.15) is 6.42 Å². The molecule has 0 aliphatic heterocycles. The molecule has 20 heavy (non-hydrogen) atoms. The van der Waals surface area contributed by atoms with Gasteiger partial charge < -0.3 is 19.3 Å². The lowest BCUT2D eigenvalue weighted by atomic mass is 10.2. The Balaban J connectivity index is 3.08. The number of rotatable bonds is 8. The molecule has 7 nitrogen and oxygen atoms in total. The van der Waals surface area contributed by atoms with E-state index in [4.69, 9.17) is 19.3 Å². The number of methoxy groups -OCH3 is 3. The van der Waals surface area contributed by atoms with Gasteiger partial charge in [0.1, 0.15) is 0 Å². The largest absolute Gasteiger partial charge is 0.493 e. The minimum Gasteiger partial charge on any atom is -0.493 e. The Morgan fingerprint density at radius 3 is 2.05 bits per heavy atom.